The minimum absolute atomic E-state index is 0.444. The molecule has 0 saturated carbocycles. The first-order valence-corrected chi connectivity index (χ1v) is 8.10. The Kier molecular flexibility index (Phi) is 4.34. The highest BCUT2D eigenvalue weighted by Gasteiger charge is 2.22. The third-order valence-electron chi connectivity index (χ3n) is 4.78. The zero-order valence-corrected chi connectivity index (χ0v) is 12.2. The van der Waals surface area contributed by atoms with Crippen molar-refractivity contribution < 1.29 is 4.79 Å². The number of allylic oxidation sites excluding steroid dienone is 2. The monoisotopic (exact) mass is 268 g/mol. The molecule has 1 heteroatoms. The van der Waals surface area contributed by atoms with Crippen molar-refractivity contribution in [3.8, 4) is 0 Å². The molecule has 2 aliphatic carbocycles. The normalized spacial score (nSPS) is 22.0. The van der Waals surface area contributed by atoms with E-state index in [1.165, 1.54) is 55.2 Å². The molecule has 0 bridgehead atoms. The van der Waals surface area contributed by atoms with E-state index >= 15 is 0 Å². The number of fused-ring (bicyclic) bond motifs is 1. The van der Waals surface area contributed by atoms with E-state index in [0.717, 1.165) is 12.8 Å². The van der Waals surface area contributed by atoms with E-state index in [1.807, 2.05) is 0 Å². The molecule has 106 valence electrons. The maximum absolute atomic E-state index is 12.3. The summed E-state index contributed by atoms with van der Waals surface area (Å²) in [5.41, 5.74) is 4.29. The van der Waals surface area contributed by atoms with Crippen molar-refractivity contribution in [1.82, 2.24) is 0 Å². The molecular formula is C19H24O. The first-order valence-electron chi connectivity index (χ1n) is 8.10. The number of rotatable bonds is 4. The summed E-state index contributed by atoms with van der Waals surface area (Å²) in [6.07, 6.45) is 12.2. The van der Waals surface area contributed by atoms with Gasteiger partial charge in [0.25, 0.3) is 0 Å². The highest BCUT2D eigenvalue weighted by Crippen LogP contribution is 2.34. The van der Waals surface area contributed by atoms with Crippen molar-refractivity contribution >= 4 is 5.78 Å². The number of benzene rings is 1. The fraction of sp³-hybridized carbons (Fsp3) is 0.526. The van der Waals surface area contributed by atoms with Crippen LogP contribution in [0, 0.1) is 0 Å². The molecular weight excluding hydrogens is 244 g/mol. The van der Waals surface area contributed by atoms with Crippen LogP contribution in [-0.4, -0.2) is 5.78 Å². The minimum Gasteiger partial charge on any atom is -0.299 e. The molecule has 1 atom stereocenters. The van der Waals surface area contributed by atoms with E-state index in [9.17, 15) is 4.79 Å². The molecule has 0 heterocycles. The van der Waals surface area contributed by atoms with Gasteiger partial charge in [0.05, 0.1) is 0 Å². The second kappa shape index (κ2) is 6.39. The van der Waals surface area contributed by atoms with Crippen LogP contribution in [0.15, 0.2) is 35.9 Å². The van der Waals surface area contributed by atoms with Crippen molar-refractivity contribution in [2.45, 2.75) is 63.7 Å². The molecule has 0 spiro atoms. The third-order valence-corrected chi connectivity index (χ3v) is 4.78. The summed E-state index contributed by atoms with van der Waals surface area (Å²) in [6, 6.07) is 8.70. The number of carbonyl (C=O) groups excluding carboxylic acids is 1. The molecule has 0 fully saturated rings. The van der Waals surface area contributed by atoms with Gasteiger partial charge in [0, 0.05) is 12.8 Å². The maximum Gasteiger partial charge on any atom is 0.137 e. The molecule has 0 aliphatic heterocycles. The quantitative estimate of drug-likeness (QED) is 0.706. The Morgan fingerprint density at radius 2 is 2.00 bits per heavy atom. The average Bonchev–Trinajstić information content (AvgIpc) is 2.48. The number of ketones is 1. The molecule has 0 saturated heterocycles. The van der Waals surface area contributed by atoms with Gasteiger partial charge in [-0.15, -0.1) is 0 Å². The Labute approximate surface area is 122 Å². The predicted octanol–water partition coefficient (Wildman–Crippen LogP) is 4.96. The Hall–Kier alpha value is -1.37. The average molecular weight is 268 g/mol. The molecule has 0 radical (unpaired) electrons. The molecule has 1 nitrogen and oxygen atoms in total. The van der Waals surface area contributed by atoms with Gasteiger partial charge in [-0.2, -0.15) is 0 Å². The van der Waals surface area contributed by atoms with Crippen LogP contribution >= 0.6 is 0 Å². The largest absolute Gasteiger partial charge is 0.299 e. The minimum atomic E-state index is 0.444. The van der Waals surface area contributed by atoms with Crippen LogP contribution < -0.4 is 0 Å². The predicted molar refractivity (Wildman–Crippen MR) is 82.9 cm³/mol. The lowest BCUT2D eigenvalue weighted by Crippen LogP contribution is -2.14. The zero-order chi connectivity index (χ0) is 13.8. The van der Waals surface area contributed by atoms with E-state index in [-0.39, 0.29) is 0 Å². The van der Waals surface area contributed by atoms with Crippen LogP contribution in [0.5, 0.6) is 0 Å². The summed E-state index contributed by atoms with van der Waals surface area (Å²) in [6.45, 7) is 0. The van der Waals surface area contributed by atoms with Crippen LogP contribution in [0.4, 0.5) is 0 Å². The molecule has 0 aromatic heterocycles. The summed E-state index contributed by atoms with van der Waals surface area (Å²) >= 11 is 0. The summed E-state index contributed by atoms with van der Waals surface area (Å²) in [5.74, 6) is 0.913. The topological polar surface area (TPSA) is 17.1 Å². The standard InChI is InChI=1S/C19H24O/c20-18(13-15-7-2-1-3-8-15)14-17-11-6-10-16-9-4-5-12-19(16)17/h4-5,7,9,12,17H,1-3,6,8,10-11,13-14H2. The lowest BCUT2D eigenvalue weighted by atomic mass is 9.79. The molecule has 20 heavy (non-hydrogen) atoms. The number of hydrogen-bond donors (Lipinski definition) is 0. The lowest BCUT2D eigenvalue weighted by molar-refractivity contribution is -0.118. The van der Waals surface area contributed by atoms with Gasteiger partial charge in [-0.1, -0.05) is 35.9 Å². The van der Waals surface area contributed by atoms with Gasteiger partial charge in [0.15, 0.2) is 0 Å². The third kappa shape index (κ3) is 3.20. The van der Waals surface area contributed by atoms with E-state index in [1.54, 1.807) is 0 Å². The summed E-state index contributed by atoms with van der Waals surface area (Å²) in [5, 5.41) is 0. The van der Waals surface area contributed by atoms with Crippen molar-refractivity contribution in [3.05, 3.63) is 47.0 Å². The first-order chi connectivity index (χ1) is 9.83. The maximum atomic E-state index is 12.3. The van der Waals surface area contributed by atoms with Gasteiger partial charge in [-0.25, -0.2) is 0 Å². The molecule has 2 aliphatic rings. The van der Waals surface area contributed by atoms with Gasteiger partial charge in [0.1, 0.15) is 5.78 Å². The highest BCUT2D eigenvalue weighted by molar-refractivity contribution is 5.81. The van der Waals surface area contributed by atoms with Crippen LogP contribution in [0.2, 0.25) is 0 Å². The van der Waals surface area contributed by atoms with Crippen LogP contribution in [-0.2, 0) is 11.2 Å². The van der Waals surface area contributed by atoms with Crippen molar-refractivity contribution in [3.63, 3.8) is 0 Å². The summed E-state index contributed by atoms with van der Waals surface area (Å²) in [4.78, 5) is 12.3. The van der Waals surface area contributed by atoms with Crippen LogP contribution in [0.25, 0.3) is 0 Å². The van der Waals surface area contributed by atoms with Crippen LogP contribution in [0.1, 0.15) is 68.4 Å². The summed E-state index contributed by atoms with van der Waals surface area (Å²) < 4.78 is 0. The van der Waals surface area contributed by atoms with E-state index in [2.05, 4.69) is 30.3 Å². The fourth-order valence-corrected chi connectivity index (χ4v) is 3.73. The molecule has 0 N–H and O–H groups in total. The van der Waals surface area contributed by atoms with Gasteiger partial charge in [-0.05, 0) is 62.0 Å². The van der Waals surface area contributed by atoms with Crippen molar-refractivity contribution in [1.29, 1.82) is 0 Å². The van der Waals surface area contributed by atoms with Crippen LogP contribution in [0.3, 0.4) is 0 Å². The Morgan fingerprint density at radius 1 is 1.10 bits per heavy atom. The molecule has 1 aromatic carbocycles. The number of hydrogen-bond acceptors (Lipinski definition) is 1. The van der Waals surface area contributed by atoms with Crippen molar-refractivity contribution in [2.24, 2.45) is 0 Å². The van der Waals surface area contributed by atoms with E-state index in [0.29, 0.717) is 18.1 Å². The number of carbonyl (C=O) groups is 1. The number of aryl methyl sites for hydroxylation is 1. The number of Topliss-reactive ketones (excluding diaryl/α,β-unsaturated/α-hetero) is 1. The van der Waals surface area contributed by atoms with Gasteiger partial charge < -0.3 is 0 Å². The van der Waals surface area contributed by atoms with Gasteiger partial charge >= 0.3 is 0 Å². The molecule has 1 aromatic rings. The Morgan fingerprint density at radius 3 is 2.85 bits per heavy atom. The van der Waals surface area contributed by atoms with Gasteiger partial charge in [-0.3, -0.25) is 4.79 Å². The second-order valence-corrected chi connectivity index (χ2v) is 6.32. The lowest BCUT2D eigenvalue weighted by Gasteiger charge is -2.25. The Bertz CT molecular complexity index is 512. The highest BCUT2D eigenvalue weighted by atomic mass is 16.1. The Balaban J connectivity index is 1.63. The van der Waals surface area contributed by atoms with Crippen molar-refractivity contribution in [2.75, 3.05) is 0 Å². The van der Waals surface area contributed by atoms with E-state index < -0.39 is 0 Å². The van der Waals surface area contributed by atoms with Gasteiger partial charge in [0.2, 0.25) is 0 Å². The van der Waals surface area contributed by atoms with E-state index in [4.69, 9.17) is 0 Å². The summed E-state index contributed by atoms with van der Waals surface area (Å²) in [7, 11) is 0. The molecule has 0 amide bonds. The molecule has 1 unspecified atom stereocenters. The zero-order valence-electron chi connectivity index (χ0n) is 12.2. The smallest absolute Gasteiger partial charge is 0.137 e. The molecule has 3 rings (SSSR count). The fourth-order valence-electron chi connectivity index (χ4n) is 3.73. The second-order valence-electron chi connectivity index (χ2n) is 6.32. The SMILES string of the molecule is O=C(CC1=CCCCC1)CC1CCCc2ccccc21. The first kappa shape index (κ1) is 13.6.